The van der Waals surface area contributed by atoms with Crippen molar-refractivity contribution in [2.45, 2.75) is 32.0 Å². The van der Waals surface area contributed by atoms with Crippen molar-refractivity contribution in [3.8, 4) is 0 Å². The number of nitrogens with one attached hydrogen (secondary N) is 2. The van der Waals surface area contributed by atoms with Gasteiger partial charge < -0.3 is 21.3 Å². The highest BCUT2D eigenvalue weighted by atomic mass is 19.1. The standard InChI is InChI=1S/C12H22FN7/c1-12(2,13)7-16-10-17-9(14)18-11(19-10)20-5-4-8(6-20)15-3/h8,15H,4-7H2,1-3H3,(H3,14,16,17,18,19)/t8-/m1/s1. The molecule has 1 aliphatic heterocycles. The molecule has 0 aliphatic carbocycles. The zero-order valence-corrected chi connectivity index (χ0v) is 12.1. The maximum atomic E-state index is 13.5. The Labute approximate surface area is 118 Å². The van der Waals surface area contributed by atoms with Crippen molar-refractivity contribution in [1.29, 1.82) is 0 Å². The molecule has 0 amide bonds. The van der Waals surface area contributed by atoms with Crippen molar-refractivity contribution in [2.75, 3.05) is 42.6 Å². The van der Waals surface area contributed by atoms with E-state index in [2.05, 4.69) is 25.6 Å². The number of anilines is 3. The van der Waals surface area contributed by atoms with Gasteiger partial charge in [-0.05, 0) is 27.3 Å². The third-order valence-electron chi connectivity index (χ3n) is 3.19. The molecule has 2 heterocycles. The smallest absolute Gasteiger partial charge is 0.232 e. The topological polar surface area (TPSA) is 92.0 Å². The summed E-state index contributed by atoms with van der Waals surface area (Å²) in [6, 6.07) is 0.425. The highest BCUT2D eigenvalue weighted by Gasteiger charge is 2.24. The number of rotatable bonds is 5. The maximum absolute atomic E-state index is 13.5. The first-order valence-electron chi connectivity index (χ1n) is 6.74. The average Bonchev–Trinajstić information content (AvgIpc) is 2.84. The van der Waals surface area contributed by atoms with Gasteiger partial charge >= 0.3 is 0 Å². The predicted molar refractivity (Wildman–Crippen MR) is 77.6 cm³/mol. The van der Waals surface area contributed by atoms with Gasteiger partial charge in [0.2, 0.25) is 17.8 Å². The van der Waals surface area contributed by atoms with Gasteiger partial charge in [-0.15, -0.1) is 0 Å². The van der Waals surface area contributed by atoms with Crippen LogP contribution in [0.3, 0.4) is 0 Å². The van der Waals surface area contributed by atoms with Crippen LogP contribution in [0.5, 0.6) is 0 Å². The Morgan fingerprint density at radius 1 is 1.40 bits per heavy atom. The number of nitrogens with zero attached hydrogens (tertiary/aromatic N) is 4. The van der Waals surface area contributed by atoms with Crippen molar-refractivity contribution >= 4 is 17.8 Å². The third-order valence-corrected chi connectivity index (χ3v) is 3.19. The lowest BCUT2D eigenvalue weighted by molar-refractivity contribution is 0.234. The van der Waals surface area contributed by atoms with Crippen LogP contribution >= 0.6 is 0 Å². The lowest BCUT2D eigenvalue weighted by Crippen LogP contribution is -2.31. The van der Waals surface area contributed by atoms with E-state index in [0.29, 0.717) is 17.9 Å². The summed E-state index contributed by atoms with van der Waals surface area (Å²) in [5.41, 5.74) is 4.35. The van der Waals surface area contributed by atoms with Crippen LogP contribution in [-0.4, -0.2) is 53.3 Å². The first-order chi connectivity index (χ1) is 9.37. The second kappa shape index (κ2) is 5.74. The summed E-state index contributed by atoms with van der Waals surface area (Å²) in [4.78, 5) is 14.5. The average molecular weight is 283 g/mol. The van der Waals surface area contributed by atoms with Crippen molar-refractivity contribution in [1.82, 2.24) is 20.3 Å². The molecule has 2 rings (SSSR count). The van der Waals surface area contributed by atoms with Gasteiger partial charge in [-0.2, -0.15) is 15.0 Å². The fourth-order valence-corrected chi connectivity index (χ4v) is 2.07. The Morgan fingerprint density at radius 2 is 2.15 bits per heavy atom. The largest absolute Gasteiger partial charge is 0.368 e. The van der Waals surface area contributed by atoms with Crippen LogP contribution in [0.25, 0.3) is 0 Å². The van der Waals surface area contributed by atoms with Crippen LogP contribution in [-0.2, 0) is 0 Å². The second-order valence-electron chi connectivity index (χ2n) is 5.61. The molecule has 4 N–H and O–H groups in total. The van der Waals surface area contributed by atoms with Crippen LogP contribution in [0.15, 0.2) is 0 Å². The van der Waals surface area contributed by atoms with Gasteiger partial charge in [0, 0.05) is 19.1 Å². The van der Waals surface area contributed by atoms with Gasteiger partial charge in [-0.1, -0.05) is 0 Å². The molecule has 7 nitrogen and oxygen atoms in total. The summed E-state index contributed by atoms with van der Waals surface area (Å²) in [5.74, 6) is 0.989. The minimum absolute atomic E-state index is 0.120. The molecular weight excluding hydrogens is 261 g/mol. The number of alkyl halides is 1. The Kier molecular flexibility index (Phi) is 4.22. The van der Waals surface area contributed by atoms with E-state index in [-0.39, 0.29) is 12.5 Å². The van der Waals surface area contributed by atoms with Crippen molar-refractivity contribution in [2.24, 2.45) is 0 Å². The van der Waals surface area contributed by atoms with Gasteiger partial charge in [-0.25, -0.2) is 4.39 Å². The van der Waals surface area contributed by atoms with Crippen molar-refractivity contribution in [3.05, 3.63) is 0 Å². The molecule has 0 radical (unpaired) electrons. The van der Waals surface area contributed by atoms with Crippen molar-refractivity contribution in [3.63, 3.8) is 0 Å². The van der Waals surface area contributed by atoms with Gasteiger partial charge in [0.05, 0.1) is 6.54 Å². The second-order valence-corrected chi connectivity index (χ2v) is 5.61. The molecular formula is C12H22FN7. The Bertz CT molecular complexity index is 460. The first kappa shape index (κ1) is 14.7. The third kappa shape index (κ3) is 3.89. The molecule has 112 valence electrons. The molecule has 1 aliphatic rings. The zero-order valence-electron chi connectivity index (χ0n) is 12.1. The lowest BCUT2D eigenvalue weighted by Gasteiger charge is -2.18. The minimum atomic E-state index is -1.34. The molecule has 0 saturated carbocycles. The summed E-state index contributed by atoms with van der Waals surface area (Å²) < 4.78 is 13.5. The summed E-state index contributed by atoms with van der Waals surface area (Å²) in [5, 5.41) is 6.08. The number of halogens is 1. The van der Waals surface area contributed by atoms with Crippen LogP contribution < -0.4 is 21.3 Å². The number of likely N-dealkylation sites (N-methyl/N-ethyl adjacent to an activating group) is 1. The molecule has 1 atom stereocenters. The first-order valence-corrected chi connectivity index (χ1v) is 6.74. The number of hydrogen-bond donors (Lipinski definition) is 3. The molecule has 0 aromatic carbocycles. The Balaban J connectivity index is 2.09. The zero-order chi connectivity index (χ0) is 14.8. The maximum Gasteiger partial charge on any atom is 0.232 e. The summed E-state index contributed by atoms with van der Waals surface area (Å²) in [7, 11) is 1.94. The molecule has 0 spiro atoms. The van der Waals surface area contributed by atoms with Crippen molar-refractivity contribution < 1.29 is 4.39 Å². The monoisotopic (exact) mass is 283 g/mol. The van der Waals surface area contributed by atoms with Gasteiger partial charge in [0.15, 0.2) is 0 Å². The van der Waals surface area contributed by atoms with Crippen LogP contribution in [0.4, 0.5) is 22.2 Å². The highest BCUT2D eigenvalue weighted by Crippen LogP contribution is 2.18. The summed E-state index contributed by atoms with van der Waals surface area (Å²) >= 11 is 0. The van der Waals surface area contributed by atoms with Gasteiger partial charge in [0.1, 0.15) is 5.67 Å². The minimum Gasteiger partial charge on any atom is -0.368 e. The molecule has 0 bridgehead atoms. The summed E-state index contributed by atoms with van der Waals surface area (Å²) in [6.07, 6.45) is 1.03. The van der Waals surface area contributed by atoms with Crippen LogP contribution in [0, 0.1) is 0 Å². The number of aromatic nitrogens is 3. The van der Waals surface area contributed by atoms with Gasteiger partial charge in [-0.3, -0.25) is 0 Å². The van der Waals surface area contributed by atoms with E-state index in [1.165, 1.54) is 13.8 Å². The SMILES string of the molecule is CN[C@@H]1CCN(c2nc(N)nc(NCC(C)(C)F)n2)C1. The number of hydrogen-bond acceptors (Lipinski definition) is 7. The van der Waals surface area contributed by atoms with E-state index in [4.69, 9.17) is 5.73 Å². The van der Waals surface area contributed by atoms with E-state index in [1.54, 1.807) is 0 Å². The van der Waals surface area contributed by atoms with E-state index in [1.807, 2.05) is 11.9 Å². The quantitative estimate of drug-likeness (QED) is 0.721. The van der Waals surface area contributed by atoms with E-state index >= 15 is 0 Å². The summed E-state index contributed by atoms with van der Waals surface area (Å²) in [6.45, 7) is 4.79. The molecule has 1 fully saturated rings. The number of nitrogens with two attached hydrogens (primary N) is 1. The van der Waals surface area contributed by atoms with Gasteiger partial charge in [0.25, 0.3) is 0 Å². The fraction of sp³-hybridized carbons (Fsp3) is 0.750. The van der Waals surface area contributed by atoms with Crippen LogP contribution in [0.1, 0.15) is 20.3 Å². The molecule has 1 aromatic heterocycles. The van der Waals surface area contributed by atoms with Crippen LogP contribution in [0.2, 0.25) is 0 Å². The lowest BCUT2D eigenvalue weighted by atomic mass is 10.2. The number of nitrogen functional groups attached to an aromatic ring is 1. The predicted octanol–water partition coefficient (Wildman–Crippen LogP) is 0.412. The molecule has 20 heavy (non-hydrogen) atoms. The molecule has 1 saturated heterocycles. The van der Waals surface area contributed by atoms with E-state index in [0.717, 1.165) is 19.5 Å². The highest BCUT2D eigenvalue weighted by molar-refractivity contribution is 5.43. The Morgan fingerprint density at radius 3 is 2.75 bits per heavy atom. The molecule has 0 unspecified atom stereocenters. The molecule has 8 heteroatoms. The Hall–Kier alpha value is -1.70. The van der Waals surface area contributed by atoms with E-state index < -0.39 is 5.67 Å². The molecule has 1 aromatic rings. The normalized spacial score (nSPS) is 19.4. The fourth-order valence-electron chi connectivity index (χ4n) is 2.07. The van der Waals surface area contributed by atoms with E-state index in [9.17, 15) is 4.39 Å².